The van der Waals surface area contributed by atoms with E-state index in [2.05, 4.69) is 25.9 Å². The molecule has 2 saturated heterocycles. The van der Waals surface area contributed by atoms with Gasteiger partial charge in [-0.05, 0) is 55.7 Å². The molecule has 5 amide bonds. The lowest BCUT2D eigenvalue weighted by Gasteiger charge is -2.30. The molecule has 3 aliphatic rings. The molecule has 0 radical (unpaired) electrons. The molecule has 4 N–H and O–H groups in total. The van der Waals surface area contributed by atoms with Crippen molar-refractivity contribution < 1.29 is 33.3 Å². The van der Waals surface area contributed by atoms with Crippen LogP contribution in [0.2, 0.25) is 0 Å². The molecule has 5 heterocycles. The van der Waals surface area contributed by atoms with Gasteiger partial charge in [0.1, 0.15) is 45.3 Å². The zero-order valence-corrected chi connectivity index (χ0v) is 31.7. The maximum Gasteiger partial charge on any atom is 0.271 e. The number of hydrogen-bond acceptors (Lipinski definition) is 11. The molecule has 0 spiro atoms. The smallest absolute Gasteiger partial charge is 0.271 e. The number of aromatic nitrogens is 2. The number of fused-ring (bicyclic) bond motifs is 7. The van der Waals surface area contributed by atoms with Gasteiger partial charge in [0, 0.05) is 53.1 Å². The van der Waals surface area contributed by atoms with E-state index >= 15 is 0 Å². The van der Waals surface area contributed by atoms with Gasteiger partial charge in [-0.1, -0.05) is 26.0 Å². The minimum absolute atomic E-state index is 0.0654. The highest BCUT2D eigenvalue weighted by molar-refractivity contribution is 7.84. The normalized spacial score (nSPS) is 25.2. The maximum atomic E-state index is 14.3. The fraction of sp³-hybridized carbons (Fsp3) is 0.514. The number of thiazole rings is 2. The third-order valence-electron chi connectivity index (χ3n) is 9.68. The Balaban J connectivity index is 1.38. The Hall–Kier alpha value is -4.22. The van der Waals surface area contributed by atoms with Crippen molar-refractivity contribution >= 4 is 63.0 Å². The topological polar surface area (TPSA) is 191 Å². The molecule has 6 atom stereocenters. The quantitative estimate of drug-likeness (QED) is 0.292. The molecule has 17 heteroatoms. The minimum Gasteiger partial charge on any atom is -0.508 e. The molecule has 278 valence electrons. The van der Waals surface area contributed by atoms with Gasteiger partial charge in [0.2, 0.25) is 17.7 Å². The van der Waals surface area contributed by atoms with Crippen molar-refractivity contribution in [1.82, 2.24) is 35.7 Å². The average molecular weight is 770 g/mol. The summed E-state index contributed by atoms with van der Waals surface area (Å²) >= 11 is 2.45. The molecule has 3 aliphatic heterocycles. The highest BCUT2D eigenvalue weighted by atomic mass is 32.2. The van der Waals surface area contributed by atoms with E-state index in [1.54, 1.807) is 34.0 Å². The Kier molecular flexibility index (Phi) is 11.7. The first-order valence-electron chi connectivity index (χ1n) is 17.4. The molecule has 52 heavy (non-hydrogen) atoms. The Bertz CT molecular complexity index is 1850. The Morgan fingerprint density at radius 3 is 2.02 bits per heavy atom. The van der Waals surface area contributed by atoms with Gasteiger partial charge in [-0.3, -0.25) is 28.2 Å². The number of nitrogens with zero attached hydrogens (tertiary/aromatic N) is 4. The molecule has 2 fully saturated rings. The predicted octanol–water partition coefficient (Wildman–Crippen LogP) is 2.69. The highest BCUT2D eigenvalue weighted by Crippen LogP contribution is 2.35. The van der Waals surface area contributed by atoms with Crippen LogP contribution < -0.4 is 16.0 Å². The number of amides is 5. The molecule has 0 aliphatic carbocycles. The number of carbonyl (C=O) groups is 5. The van der Waals surface area contributed by atoms with Crippen molar-refractivity contribution in [3.63, 3.8) is 0 Å². The van der Waals surface area contributed by atoms with Crippen LogP contribution in [0.3, 0.4) is 0 Å². The summed E-state index contributed by atoms with van der Waals surface area (Å²) in [5.74, 6) is -2.11. The van der Waals surface area contributed by atoms with Crippen molar-refractivity contribution in [3.8, 4) is 5.75 Å². The van der Waals surface area contributed by atoms with Crippen LogP contribution in [0.5, 0.6) is 5.75 Å². The first-order chi connectivity index (χ1) is 24.9. The van der Waals surface area contributed by atoms with Gasteiger partial charge in [-0.25, -0.2) is 9.97 Å². The molecule has 0 saturated carbocycles. The van der Waals surface area contributed by atoms with Gasteiger partial charge >= 0.3 is 0 Å². The van der Waals surface area contributed by atoms with E-state index in [4.69, 9.17) is 0 Å². The van der Waals surface area contributed by atoms with Gasteiger partial charge in [0.25, 0.3) is 11.8 Å². The van der Waals surface area contributed by atoms with E-state index in [0.29, 0.717) is 54.4 Å². The van der Waals surface area contributed by atoms with Gasteiger partial charge < -0.3 is 30.9 Å². The zero-order valence-electron chi connectivity index (χ0n) is 29.2. The largest absolute Gasteiger partial charge is 0.508 e. The second kappa shape index (κ2) is 16.2. The SMILES string of the molecule is CC(C)[C@@H]1NC(=O)[C@@H]2CCCN2C(=O)[C@H](Cc2ccc(O)cc2)NC(=O)c2csc(n2)[C@@H]2CCCN2C(=O)[C@H](CCS(C)=O)NC(=O)c2csc1n2. The molecule has 1 aromatic carbocycles. The summed E-state index contributed by atoms with van der Waals surface area (Å²) in [6.45, 7) is 4.59. The van der Waals surface area contributed by atoms with Gasteiger partial charge in [-0.15, -0.1) is 22.7 Å². The maximum absolute atomic E-state index is 14.3. The van der Waals surface area contributed by atoms with Gasteiger partial charge in [-0.2, -0.15) is 0 Å². The lowest BCUT2D eigenvalue weighted by Crippen LogP contribution is -2.54. The van der Waals surface area contributed by atoms with E-state index in [0.717, 1.165) is 0 Å². The molecule has 1 unspecified atom stereocenters. The van der Waals surface area contributed by atoms with E-state index in [1.165, 1.54) is 39.7 Å². The van der Waals surface area contributed by atoms with Crippen LogP contribution in [-0.2, 0) is 31.6 Å². The fourth-order valence-corrected chi connectivity index (χ4v) is 9.44. The summed E-state index contributed by atoms with van der Waals surface area (Å²) in [4.78, 5) is 82.0. The lowest BCUT2D eigenvalue weighted by molar-refractivity contribution is -0.140. The highest BCUT2D eigenvalue weighted by Gasteiger charge is 2.40. The van der Waals surface area contributed by atoms with Crippen LogP contribution in [0.1, 0.15) is 94.6 Å². The van der Waals surface area contributed by atoms with Gasteiger partial charge in [0.15, 0.2) is 0 Å². The molecule has 6 rings (SSSR count). The van der Waals surface area contributed by atoms with E-state index in [1.807, 2.05) is 13.8 Å². The third kappa shape index (κ3) is 8.36. The Morgan fingerprint density at radius 1 is 0.827 bits per heavy atom. The Morgan fingerprint density at radius 2 is 1.38 bits per heavy atom. The van der Waals surface area contributed by atoms with Crippen LogP contribution >= 0.6 is 22.7 Å². The van der Waals surface area contributed by atoms with Crippen molar-refractivity contribution in [3.05, 3.63) is 62.0 Å². The average Bonchev–Trinajstić information content (AvgIpc) is 3.94. The molecule has 3 aromatic rings. The number of phenols is 1. The molecule has 2 aromatic heterocycles. The summed E-state index contributed by atoms with van der Waals surface area (Å²) in [7, 11) is -1.21. The number of rotatable bonds is 6. The van der Waals surface area contributed by atoms with Crippen molar-refractivity contribution in [2.24, 2.45) is 5.92 Å². The third-order valence-corrected chi connectivity index (χ3v) is 12.4. The summed E-state index contributed by atoms with van der Waals surface area (Å²) in [6, 6.07) is 2.56. The van der Waals surface area contributed by atoms with Crippen molar-refractivity contribution in [2.75, 3.05) is 25.1 Å². The number of carbonyl (C=O) groups excluding carboxylic acids is 5. The van der Waals surface area contributed by atoms with Crippen LogP contribution in [0.4, 0.5) is 0 Å². The number of aromatic hydroxyl groups is 1. The van der Waals surface area contributed by atoms with Gasteiger partial charge in [0.05, 0.1) is 12.1 Å². The molecule has 4 bridgehead atoms. The zero-order chi connectivity index (χ0) is 37.1. The van der Waals surface area contributed by atoms with Crippen LogP contribution in [0, 0.1) is 5.92 Å². The standard InChI is InChI=1S/C35H43N7O7S3/c1-19(2)28-33-39-25(18-51-33)29(44)36-22(12-15-52(3)49)34(47)42-14-5-7-27(42)32-38-24(17-50-32)30(45)37-23(16-20-8-10-21(43)11-9-20)35(48)41-13-4-6-26(41)31(46)40-28/h8-11,17-19,22-23,26-28,43H,4-7,12-16H2,1-3H3,(H,36,44)(H,37,45)(H,40,46)/t22-,23-,26-,27-,28-,52?/m0/s1. The van der Waals surface area contributed by atoms with E-state index in [9.17, 15) is 33.3 Å². The number of benzene rings is 1. The number of phenolic OH excluding ortho intramolecular Hbond substituents is 1. The van der Waals surface area contributed by atoms with Crippen LogP contribution in [0.15, 0.2) is 35.0 Å². The lowest BCUT2D eigenvalue weighted by atomic mass is 10.0. The van der Waals surface area contributed by atoms with Crippen LogP contribution in [-0.4, -0.2) is 102 Å². The van der Waals surface area contributed by atoms with Crippen molar-refractivity contribution in [2.45, 2.75) is 82.6 Å². The predicted molar refractivity (Wildman–Crippen MR) is 196 cm³/mol. The number of hydrogen-bond donors (Lipinski definition) is 4. The second-order valence-corrected chi connectivity index (χ2v) is 17.1. The Labute approximate surface area is 312 Å². The minimum atomic E-state index is -1.21. The summed E-state index contributed by atoms with van der Waals surface area (Å²) < 4.78 is 12.1. The second-order valence-electron chi connectivity index (χ2n) is 13.7. The molecular weight excluding hydrogens is 727 g/mol. The summed E-state index contributed by atoms with van der Waals surface area (Å²) in [5.41, 5.74) is 0.892. The molecular formula is C35H43N7O7S3. The van der Waals surface area contributed by atoms with E-state index in [-0.39, 0.29) is 53.5 Å². The first-order valence-corrected chi connectivity index (χ1v) is 20.9. The van der Waals surface area contributed by atoms with Crippen LogP contribution in [0.25, 0.3) is 0 Å². The summed E-state index contributed by atoms with van der Waals surface area (Å²) in [5, 5.41) is 22.9. The number of nitrogens with one attached hydrogen (secondary N) is 3. The van der Waals surface area contributed by atoms with E-state index < -0.39 is 58.7 Å². The van der Waals surface area contributed by atoms with Crippen molar-refractivity contribution in [1.29, 1.82) is 0 Å². The fourth-order valence-electron chi connectivity index (χ4n) is 6.91. The first kappa shape index (κ1) is 37.5. The summed E-state index contributed by atoms with van der Waals surface area (Å²) in [6.07, 6.45) is 4.12. The molecule has 14 nitrogen and oxygen atoms in total. The monoisotopic (exact) mass is 769 g/mol.